The third-order valence-corrected chi connectivity index (χ3v) is 3.15. The van der Waals surface area contributed by atoms with Crippen LogP contribution in [0.1, 0.15) is 19.4 Å². The van der Waals surface area contributed by atoms with Crippen molar-refractivity contribution in [3.8, 4) is 0 Å². The first-order valence-electron chi connectivity index (χ1n) is 6.30. The van der Waals surface area contributed by atoms with Gasteiger partial charge in [0.1, 0.15) is 0 Å². The molecule has 0 radical (unpaired) electrons. The van der Waals surface area contributed by atoms with Gasteiger partial charge in [-0.25, -0.2) is 0 Å². The van der Waals surface area contributed by atoms with Gasteiger partial charge in [-0.1, -0.05) is 29.8 Å². The third-order valence-electron chi connectivity index (χ3n) is 2.69. The first-order valence-corrected chi connectivity index (χ1v) is 7.09. The van der Waals surface area contributed by atoms with E-state index in [2.05, 4.69) is 52.9 Å². The van der Waals surface area contributed by atoms with E-state index in [1.54, 1.807) is 7.11 Å². The van der Waals surface area contributed by atoms with Gasteiger partial charge in [0, 0.05) is 36.9 Å². The van der Waals surface area contributed by atoms with E-state index in [1.165, 1.54) is 5.69 Å². The molecule has 0 amide bonds. The number of benzene rings is 1. The molecule has 0 fully saturated rings. The van der Waals surface area contributed by atoms with E-state index < -0.39 is 0 Å². The smallest absolute Gasteiger partial charge is 0.0637 e. The topological polar surface area (TPSA) is 38.5 Å². The highest BCUT2D eigenvalue weighted by atomic mass is 79.9. The lowest BCUT2D eigenvalue weighted by molar-refractivity contribution is 0.204. The van der Waals surface area contributed by atoms with Crippen molar-refractivity contribution in [1.29, 1.82) is 0 Å². The average Bonchev–Trinajstić information content (AvgIpc) is 2.33. The number of halogens is 1. The van der Waals surface area contributed by atoms with Crippen molar-refractivity contribution >= 4 is 21.6 Å². The van der Waals surface area contributed by atoms with Crippen LogP contribution in [0.4, 0.5) is 5.69 Å². The van der Waals surface area contributed by atoms with Crippen LogP contribution in [0.2, 0.25) is 0 Å². The van der Waals surface area contributed by atoms with Crippen LogP contribution >= 0.6 is 15.9 Å². The molecule has 0 aliphatic carbocycles. The van der Waals surface area contributed by atoms with Crippen LogP contribution in [0, 0.1) is 5.92 Å². The first-order chi connectivity index (χ1) is 8.56. The molecule has 1 aromatic rings. The molecular formula is C14H23BrN2O. The van der Waals surface area contributed by atoms with Gasteiger partial charge in [0.2, 0.25) is 0 Å². The Bertz CT molecular complexity index is 369. The summed E-state index contributed by atoms with van der Waals surface area (Å²) in [5.41, 5.74) is 8.07. The molecule has 3 nitrogen and oxygen atoms in total. The second kappa shape index (κ2) is 7.77. The first kappa shape index (κ1) is 15.5. The highest BCUT2D eigenvalue weighted by Gasteiger charge is 2.10. The maximum absolute atomic E-state index is 5.73. The number of hydrogen-bond donors (Lipinski definition) is 1. The summed E-state index contributed by atoms with van der Waals surface area (Å²) in [6.45, 7) is 7.66. The quantitative estimate of drug-likeness (QED) is 0.840. The fraction of sp³-hybridized carbons (Fsp3) is 0.571. The molecule has 0 bridgehead atoms. The number of ether oxygens (including phenoxy) is 1. The molecule has 0 unspecified atom stereocenters. The Hall–Kier alpha value is -0.580. The van der Waals surface area contributed by atoms with Gasteiger partial charge in [-0.2, -0.15) is 0 Å². The molecule has 4 heteroatoms. The summed E-state index contributed by atoms with van der Waals surface area (Å²) < 4.78 is 6.26. The fourth-order valence-corrected chi connectivity index (χ4v) is 2.43. The molecule has 0 atom stereocenters. The van der Waals surface area contributed by atoms with E-state index in [9.17, 15) is 0 Å². The van der Waals surface area contributed by atoms with E-state index in [1.807, 2.05) is 0 Å². The van der Waals surface area contributed by atoms with E-state index in [0.717, 1.165) is 29.7 Å². The zero-order chi connectivity index (χ0) is 13.5. The Morgan fingerprint density at radius 2 is 2.06 bits per heavy atom. The Morgan fingerprint density at radius 3 is 2.61 bits per heavy atom. The molecule has 0 heterocycles. The van der Waals surface area contributed by atoms with Crippen molar-refractivity contribution in [3.05, 3.63) is 28.2 Å². The number of methoxy groups -OCH3 is 1. The lowest BCUT2D eigenvalue weighted by atomic mass is 10.1. The number of rotatable bonds is 7. The van der Waals surface area contributed by atoms with Crippen molar-refractivity contribution in [2.45, 2.75) is 20.4 Å². The molecule has 0 saturated heterocycles. The molecule has 0 saturated carbocycles. The van der Waals surface area contributed by atoms with Gasteiger partial charge >= 0.3 is 0 Å². The lowest BCUT2D eigenvalue weighted by Gasteiger charge is -2.27. The van der Waals surface area contributed by atoms with E-state index in [0.29, 0.717) is 12.5 Å². The molecule has 1 aromatic carbocycles. The highest BCUT2D eigenvalue weighted by molar-refractivity contribution is 9.10. The number of nitrogens with zero attached hydrogens (tertiary/aromatic N) is 1. The molecular weight excluding hydrogens is 292 g/mol. The zero-order valence-electron chi connectivity index (χ0n) is 11.4. The normalized spacial score (nSPS) is 11.0. The van der Waals surface area contributed by atoms with E-state index >= 15 is 0 Å². The standard InChI is InChI=1S/C14H23BrN2O/c1-11(2)10-17(4-5-18-3)14-7-12(9-16)6-13(15)8-14/h6-8,11H,4-5,9-10,16H2,1-3H3. The zero-order valence-corrected chi connectivity index (χ0v) is 13.0. The van der Waals surface area contributed by atoms with Gasteiger partial charge in [-0.05, 0) is 29.7 Å². The lowest BCUT2D eigenvalue weighted by Crippen LogP contribution is -2.31. The van der Waals surface area contributed by atoms with Crippen molar-refractivity contribution < 1.29 is 4.74 Å². The molecule has 102 valence electrons. The molecule has 0 spiro atoms. The number of anilines is 1. The van der Waals surface area contributed by atoms with E-state index in [4.69, 9.17) is 10.5 Å². The minimum atomic E-state index is 0.562. The molecule has 0 aromatic heterocycles. The Labute approximate surface area is 118 Å². The Balaban J connectivity index is 2.91. The highest BCUT2D eigenvalue weighted by Crippen LogP contribution is 2.23. The predicted octanol–water partition coefficient (Wildman–Crippen LogP) is 3.02. The van der Waals surface area contributed by atoms with Gasteiger partial charge in [0.05, 0.1) is 6.61 Å². The fourth-order valence-electron chi connectivity index (χ4n) is 1.90. The summed E-state index contributed by atoms with van der Waals surface area (Å²) in [6.07, 6.45) is 0. The second-order valence-corrected chi connectivity index (χ2v) is 5.77. The maximum Gasteiger partial charge on any atom is 0.0637 e. The maximum atomic E-state index is 5.73. The summed E-state index contributed by atoms with van der Waals surface area (Å²) in [6, 6.07) is 6.35. The minimum absolute atomic E-state index is 0.562. The van der Waals surface area contributed by atoms with Crippen LogP contribution in [-0.2, 0) is 11.3 Å². The molecule has 18 heavy (non-hydrogen) atoms. The van der Waals surface area contributed by atoms with Gasteiger partial charge in [0.25, 0.3) is 0 Å². The van der Waals surface area contributed by atoms with Gasteiger partial charge in [-0.15, -0.1) is 0 Å². The summed E-state index contributed by atoms with van der Waals surface area (Å²) in [7, 11) is 1.74. The Morgan fingerprint density at radius 1 is 1.33 bits per heavy atom. The largest absolute Gasteiger partial charge is 0.383 e. The van der Waals surface area contributed by atoms with Crippen molar-refractivity contribution in [3.63, 3.8) is 0 Å². The van der Waals surface area contributed by atoms with Crippen LogP contribution in [0.5, 0.6) is 0 Å². The predicted molar refractivity (Wildman–Crippen MR) is 81.0 cm³/mol. The summed E-state index contributed by atoms with van der Waals surface area (Å²) >= 11 is 3.54. The van der Waals surface area contributed by atoms with Gasteiger partial charge in [-0.3, -0.25) is 0 Å². The average molecular weight is 315 g/mol. The molecule has 0 aliphatic heterocycles. The SMILES string of the molecule is COCCN(CC(C)C)c1cc(Br)cc(CN)c1. The molecule has 1 rings (SSSR count). The molecule has 0 aliphatic rings. The van der Waals surface area contributed by atoms with Crippen molar-refractivity contribution in [2.75, 3.05) is 31.7 Å². The third kappa shape index (κ3) is 4.96. The summed E-state index contributed by atoms with van der Waals surface area (Å²) in [4.78, 5) is 2.35. The van der Waals surface area contributed by atoms with Gasteiger partial charge in [0.15, 0.2) is 0 Å². The van der Waals surface area contributed by atoms with Crippen LogP contribution in [0.25, 0.3) is 0 Å². The van der Waals surface area contributed by atoms with Crippen molar-refractivity contribution in [1.82, 2.24) is 0 Å². The van der Waals surface area contributed by atoms with Crippen LogP contribution in [-0.4, -0.2) is 26.8 Å². The number of nitrogens with two attached hydrogens (primary N) is 1. The summed E-state index contributed by atoms with van der Waals surface area (Å²) in [5.74, 6) is 0.613. The van der Waals surface area contributed by atoms with E-state index in [-0.39, 0.29) is 0 Å². The Kier molecular flexibility index (Phi) is 6.68. The molecule has 2 N–H and O–H groups in total. The monoisotopic (exact) mass is 314 g/mol. The summed E-state index contributed by atoms with van der Waals surface area (Å²) in [5, 5.41) is 0. The van der Waals surface area contributed by atoms with Crippen LogP contribution in [0.3, 0.4) is 0 Å². The number of hydrogen-bond acceptors (Lipinski definition) is 3. The van der Waals surface area contributed by atoms with Crippen molar-refractivity contribution in [2.24, 2.45) is 11.7 Å². The minimum Gasteiger partial charge on any atom is -0.383 e. The van der Waals surface area contributed by atoms with Crippen LogP contribution < -0.4 is 10.6 Å². The van der Waals surface area contributed by atoms with Gasteiger partial charge < -0.3 is 15.4 Å². The van der Waals surface area contributed by atoms with Crippen LogP contribution in [0.15, 0.2) is 22.7 Å². The second-order valence-electron chi connectivity index (χ2n) is 4.85.